The quantitative estimate of drug-likeness (QED) is 0.741. The second-order valence-corrected chi connectivity index (χ2v) is 4.69. The maximum Gasteiger partial charge on any atom is 0.222 e. The van der Waals surface area contributed by atoms with Gasteiger partial charge in [-0.1, -0.05) is 13.8 Å². The standard InChI is InChI=1S/C11H22N2O/c1-9(2)7-13-8-10(6-12)4-3-5-11(13)14/h9-10H,3-8,12H2,1-2H3. The van der Waals surface area contributed by atoms with Crippen LogP contribution in [0, 0.1) is 11.8 Å². The summed E-state index contributed by atoms with van der Waals surface area (Å²) in [6.07, 6.45) is 2.83. The van der Waals surface area contributed by atoms with Crippen LogP contribution in [0.2, 0.25) is 0 Å². The van der Waals surface area contributed by atoms with Crippen molar-refractivity contribution in [3.8, 4) is 0 Å². The van der Waals surface area contributed by atoms with Crippen LogP contribution in [0.5, 0.6) is 0 Å². The first-order chi connectivity index (χ1) is 6.63. The Morgan fingerprint density at radius 3 is 2.86 bits per heavy atom. The largest absolute Gasteiger partial charge is 0.342 e. The number of amides is 1. The lowest BCUT2D eigenvalue weighted by molar-refractivity contribution is -0.131. The third kappa shape index (κ3) is 3.29. The molecule has 0 bridgehead atoms. The van der Waals surface area contributed by atoms with Crippen molar-refractivity contribution in [1.82, 2.24) is 4.90 Å². The van der Waals surface area contributed by atoms with Crippen LogP contribution in [0.4, 0.5) is 0 Å². The van der Waals surface area contributed by atoms with Gasteiger partial charge in [0.2, 0.25) is 5.91 Å². The van der Waals surface area contributed by atoms with E-state index in [1.54, 1.807) is 0 Å². The Morgan fingerprint density at radius 2 is 2.29 bits per heavy atom. The summed E-state index contributed by atoms with van der Waals surface area (Å²) in [6, 6.07) is 0. The average Bonchev–Trinajstić information content (AvgIpc) is 2.28. The van der Waals surface area contributed by atoms with E-state index < -0.39 is 0 Å². The maximum absolute atomic E-state index is 11.7. The van der Waals surface area contributed by atoms with Crippen molar-refractivity contribution in [2.75, 3.05) is 19.6 Å². The number of likely N-dealkylation sites (tertiary alicyclic amines) is 1. The number of rotatable bonds is 3. The van der Waals surface area contributed by atoms with Gasteiger partial charge in [0.05, 0.1) is 0 Å². The van der Waals surface area contributed by atoms with Gasteiger partial charge in [-0.3, -0.25) is 4.79 Å². The summed E-state index contributed by atoms with van der Waals surface area (Å²) >= 11 is 0. The van der Waals surface area contributed by atoms with Gasteiger partial charge in [-0.2, -0.15) is 0 Å². The van der Waals surface area contributed by atoms with Crippen molar-refractivity contribution in [2.45, 2.75) is 33.1 Å². The minimum Gasteiger partial charge on any atom is -0.342 e. The van der Waals surface area contributed by atoms with Gasteiger partial charge < -0.3 is 10.6 Å². The van der Waals surface area contributed by atoms with E-state index in [1.807, 2.05) is 4.90 Å². The molecule has 0 aromatic carbocycles. The highest BCUT2D eigenvalue weighted by Gasteiger charge is 2.22. The van der Waals surface area contributed by atoms with E-state index in [-0.39, 0.29) is 0 Å². The molecule has 82 valence electrons. The fraction of sp³-hybridized carbons (Fsp3) is 0.909. The van der Waals surface area contributed by atoms with Crippen LogP contribution < -0.4 is 5.73 Å². The Balaban J connectivity index is 2.54. The predicted octanol–water partition coefficient (Wildman–Crippen LogP) is 1.23. The minimum atomic E-state index is 0.314. The normalized spacial score (nSPS) is 24.1. The Hall–Kier alpha value is -0.570. The lowest BCUT2D eigenvalue weighted by Gasteiger charge is -2.25. The molecular weight excluding hydrogens is 176 g/mol. The Labute approximate surface area is 86.6 Å². The maximum atomic E-state index is 11.7. The molecule has 3 nitrogen and oxygen atoms in total. The second kappa shape index (κ2) is 5.35. The van der Waals surface area contributed by atoms with Crippen LogP contribution in [-0.2, 0) is 4.79 Å². The first-order valence-electron chi connectivity index (χ1n) is 5.61. The van der Waals surface area contributed by atoms with Gasteiger partial charge in [0.1, 0.15) is 0 Å². The SMILES string of the molecule is CC(C)CN1CC(CN)CCCC1=O. The van der Waals surface area contributed by atoms with E-state index in [0.29, 0.717) is 30.7 Å². The number of nitrogens with zero attached hydrogens (tertiary/aromatic N) is 1. The van der Waals surface area contributed by atoms with E-state index in [1.165, 1.54) is 0 Å². The van der Waals surface area contributed by atoms with E-state index >= 15 is 0 Å². The molecule has 1 atom stereocenters. The molecule has 1 unspecified atom stereocenters. The Morgan fingerprint density at radius 1 is 1.57 bits per heavy atom. The highest BCUT2D eigenvalue weighted by Crippen LogP contribution is 2.17. The predicted molar refractivity (Wildman–Crippen MR) is 57.8 cm³/mol. The van der Waals surface area contributed by atoms with E-state index in [0.717, 1.165) is 25.9 Å². The van der Waals surface area contributed by atoms with Gasteiger partial charge in [-0.05, 0) is 31.2 Å². The zero-order valence-electron chi connectivity index (χ0n) is 9.33. The summed E-state index contributed by atoms with van der Waals surface area (Å²) in [5.41, 5.74) is 5.67. The molecular formula is C11H22N2O. The molecule has 1 heterocycles. The van der Waals surface area contributed by atoms with Crippen LogP contribution in [0.15, 0.2) is 0 Å². The highest BCUT2D eigenvalue weighted by molar-refractivity contribution is 5.76. The number of hydrogen-bond acceptors (Lipinski definition) is 2. The van der Waals surface area contributed by atoms with E-state index in [9.17, 15) is 4.79 Å². The third-order valence-electron chi connectivity index (χ3n) is 2.75. The zero-order chi connectivity index (χ0) is 10.6. The van der Waals surface area contributed by atoms with Crippen LogP contribution in [0.1, 0.15) is 33.1 Å². The van der Waals surface area contributed by atoms with Crippen molar-refractivity contribution in [3.63, 3.8) is 0 Å². The molecule has 1 amide bonds. The summed E-state index contributed by atoms with van der Waals surface area (Å²) in [5.74, 6) is 1.38. The number of carbonyl (C=O) groups excluding carboxylic acids is 1. The van der Waals surface area contributed by atoms with Gasteiger partial charge in [-0.15, -0.1) is 0 Å². The molecule has 1 aliphatic rings. The van der Waals surface area contributed by atoms with Crippen LogP contribution in [0.3, 0.4) is 0 Å². The molecule has 2 N–H and O–H groups in total. The second-order valence-electron chi connectivity index (χ2n) is 4.69. The zero-order valence-corrected chi connectivity index (χ0v) is 9.33. The molecule has 0 aromatic heterocycles. The molecule has 1 fully saturated rings. The van der Waals surface area contributed by atoms with Crippen molar-refractivity contribution in [2.24, 2.45) is 17.6 Å². The number of nitrogens with two attached hydrogens (primary N) is 1. The smallest absolute Gasteiger partial charge is 0.222 e. The Kier molecular flexibility index (Phi) is 4.39. The van der Waals surface area contributed by atoms with E-state index in [2.05, 4.69) is 13.8 Å². The van der Waals surface area contributed by atoms with Crippen molar-refractivity contribution < 1.29 is 4.79 Å². The van der Waals surface area contributed by atoms with Gasteiger partial charge in [0.25, 0.3) is 0 Å². The first kappa shape index (κ1) is 11.5. The molecule has 0 spiro atoms. The molecule has 14 heavy (non-hydrogen) atoms. The lowest BCUT2D eigenvalue weighted by Crippen LogP contribution is -2.37. The average molecular weight is 198 g/mol. The monoisotopic (exact) mass is 198 g/mol. The molecule has 1 aliphatic heterocycles. The van der Waals surface area contributed by atoms with Gasteiger partial charge in [0, 0.05) is 19.5 Å². The molecule has 0 saturated carbocycles. The van der Waals surface area contributed by atoms with Crippen LogP contribution in [0.25, 0.3) is 0 Å². The Bertz CT molecular complexity index is 192. The summed E-state index contributed by atoms with van der Waals surface area (Å²) < 4.78 is 0. The number of carbonyl (C=O) groups is 1. The molecule has 3 heteroatoms. The first-order valence-corrected chi connectivity index (χ1v) is 5.61. The van der Waals surface area contributed by atoms with Gasteiger partial charge in [0.15, 0.2) is 0 Å². The molecule has 1 saturated heterocycles. The highest BCUT2D eigenvalue weighted by atomic mass is 16.2. The van der Waals surface area contributed by atoms with Crippen molar-refractivity contribution >= 4 is 5.91 Å². The van der Waals surface area contributed by atoms with Crippen LogP contribution in [-0.4, -0.2) is 30.4 Å². The minimum absolute atomic E-state index is 0.314. The molecule has 0 radical (unpaired) electrons. The van der Waals surface area contributed by atoms with Crippen molar-refractivity contribution in [1.29, 1.82) is 0 Å². The van der Waals surface area contributed by atoms with Crippen molar-refractivity contribution in [3.05, 3.63) is 0 Å². The lowest BCUT2D eigenvalue weighted by atomic mass is 10.0. The summed E-state index contributed by atoms with van der Waals surface area (Å²) in [7, 11) is 0. The molecule has 0 aromatic rings. The van der Waals surface area contributed by atoms with Crippen LogP contribution >= 0.6 is 0 Å². The summed E-state index contributed by atoms with van der Waals surface area (Å²) in [5, 5.41) is 0. The summed E-state index contributed by atoms with van der Waals surface area (Å²) in [4.78, 5) is 13.7. The van der Waals surface area contributed by atoms with Gasteiger partial charge in [-0.25, -0.2) is 0 Å². The number of hydrogen-bond donors (Lipinski definition) is 1. The van der Waals surface area contributed by atoms with Gasteiger partial charge >= 0.3 is 0 Å². The fourth-order valence-electron chi connectivity index (χ4n) is 2.01. The topological polar surface area (TPSA) is 46.3 Å². The molecule has 0 aliphatic carbocycles. The fourth-order valence-corrected chi connectivity index (χ4v) is 2.01. The third-order valence-corrected chi connectivity index (χ3v) is 2.75. The van der Waals surface area contributed by atoms with E-state index in [4.69, 9.17) is 5.73 Å². The summed E-state index contributed by atoms with van der Waals surface area (Å²) in [6.45, 7) is 6.76. The molecule has 1 rings (SSSR count).